The van der Waals surface area contributed by atoms with Gasteiger partial charge in [0.05, 0.1) is 5.70 Å². The minimum absolute atomic E-state index is 0.195. The fraction of sp³-hybridized carbons (Fsp3) is 0.250. The zero-order valence-electron chi connectivity index (χ0n) is 7.29. The quantitative estimate of drug-likeness (QED) is 0.475. The monoisotopic (exact) mass is 167 g/mol. The molecule has 0 aromatic rings. The first kappa shape index (κ1) is 10.4. The number of hydrogen-bond acceptors (Lipinski definition) is 3. The van der Waals surface area contributed by atoms with Crippen molar-refractivity contribution in [3.05, 3.63) is 24.2 Å². The zero-order valence-corrected chi connectivity index (χ0v) is 7.29. The first-order valence-electron chi connectivity index (χ1n) is 3.50. The second-order valence-electron chi connectivity index (χ2n) is 2.07. The Morgan fingerprint density at radius 3 is 2.58 bits per heavy atom. The SMILES string of the molecule is C=C/C(NC(C)=O)=C(N)\N=C/C. The van der Waals surface area contributed by atoms with E-state index >= 15 is 0 Å². The van der Waals surface area contributed by atoms with Gasteiger partial charge < -0.3 is 11.1 Å². The molecule has 0 atom stereocenters. The summed E-state index contributed by atoms with van der Waals surface area (Å²) in [6, 6.07) is 0. The molecule has 66 valence electrons. The Kier molecular flexibility index (Phi) is 4.45. The van der Waals surface area contributed by atoms with Gasteiger partial charge in [-0.25, -0.2) is 4.99 Å². The standard InChI is InChI=1S/C8H13N3O/c1-4-7(11-6(3)12)8(9)10-5-2/h4-5H,1,9H2,2-3H3,(H,11,12)/b8-7+,10-5-. The number of amides is 1. The van der Waals surface area contributed by atoms with Gasteiger partial charge in [-0.1, -0.05) is 6.58 Å². The van der Waals surface area contributed by atoms with E-state index in [4.69, 9.17) is 5.73 Å². The molecule has 0 rings (SSSR count). The maximum absolute atomic E-state index is 10.6. The number of hydrogen-bond donors (Lipinski definition) is 2. The van der Waals surface area contributed by atoms with Crippen molar-refractivity contribution >= 4 is 12.1 Å². The molecule has 1 amide bonds. The summed E-state index contributed by atoms with van der Waals surface area (Å²) in [6.45, 7) is 6.62. The third kappa shape index (κ3) is 3.55. The molecule has 12 heavy (non-hydrogen) atoms. The average molecular weight is 167 g/mol. The second-order valence-corrected chi connectivity index (χ2v) is 2.07. The number of aliphatic imine (C=N–C) groups is 1. The molecule has 0 heterocycles. The molecule has 0 spiro atoms. The molecule has 0 saturated carbocycles. The minimum Gasteiger partial charge on any atom is -0.382 e. The van der Waals surface area contributed by atoms with Crippen LogP contribution in [0.3, 0.4) is 0 Å². The van der Waals surface area contributed by atoms with Crippen molar-refractivity contribution in [1.82, 2.24) is 5.32 Å². The number of rotatable bonds is 3. The van der Waals surface area contributed by atoms with Gasteiger partial charge in [0.15, 0.2) is 0 Å². The van der Waals surface area contributed by atoms with Crippen LogP contribution in [0.1, 0.15) is 13.8 Å². The first-order chi connectivity index (χ1) is 5.61. The van der Waals surface area contributed by atoms with Crippen LogP contribution in [0, 0.1) is 0 Å². The van der Waals surface area contributed by atoms with Crippen LogP contribution in [-0.4, -0.2) is 12.1 Å². The first-order valence-corrected chi connectivity index (χ1v) is 3.50. The van der Waals surface area contributed by atoms with Gasteiger partial charge in [-0.15, -0.1) is 0 Å². The molecular weight excluding hydrogens is 154 g/mol. The Morgan fingerprint density at radius 2 is 2.25 bits per heavy atom. The van der Waals surface area contributed by atoms with E-state index in [2.05, 4.69) is 16.9 Å². The number of allylic oxidation sites excluding steroid dienone is 1. The Labute approximate surface area is 71.9 Å². The third-order valence-corrected chi connectivity index (χ3v) is 1.06. The lowest BCUT2D eigenvalue weighted by Crippen LogP contribution is -2.21. The van der Waals surface area contributed by atoms with Crippen LogP contribution in [0.25, 0.3) is 0 Å². The van der Waals surface area contributed by atoms with Crippen LogP contribution in [0.2, 0.25) is 0 Å². The molecule has 0 fully saturated rings. The molecule has 0 aromatic heterocycles. The van der Waals surface area contributed by atoms with Gasteiger partial charge in [0.2, 0.25) is 5.91 Å². The highest BCUT2D eigenvalue weighted by atomic mass is 16.1. The van der Waals surface area contributed by atoms with E-state index < -0.39 is 0 Å². The van der Waals surface area contributed by atoms with E-state index in [1.807, 2.05) is 0 Å². The average Bonchev–Trinajstić information content (AvgIpc) is 2.00. The van der Waals surface area contributed by atoms with E-state index in [0.29, 0.717) is 5.70 Å². The summed E-state index contributed by atoms with van der Waals surface area (Å²) in [5, 5.41) is 2.50. The second kappa shape index (κ2) is 5.12. The van der Waals surface area contributed by atoms with Gasteiger partial charge in [-0.3, -0.25) is 4.79 Å². The smallest absolute Gasteiger partial charge is 0.221 e. The molecule has 0 unspecified atom stereocenters. The predicted molar refractivity (Wildman–Crippen MR) is 49.4 cm³/mol. The molecule has 0 aliphatic carbocycles. The molecule has 4 heteroatoms. The normalized spacial score (nSPS) is 12.5. The van der Waals surface area contributed by atoms with Crippen LogP contribution in [0.4, 0.5) is 0 Å². The fourth-order valence-corrected chi connectivity index (χ4v) is 0.618. The summed E-state index contributed by atoms with van der Waals surface area (Å²) in [4.78, 5) is 14.4. The van der Waals surface area contributed by atoms with E-state index in [-0.39, 0.29) is 11.7 Å². The van der Waals surface area contributed by atoms with Crippen molar-refractivity contribution in [3.8, 4) is 0 Å². The van der Waals surface area contributed by atoms with E-state index in [1.165, 1.54) is 13.0 Å². The Morgan fingerprint density at radius 1 is 1.67 bits per heavy atom. The predicted octanol–water partition coefficient (Wildman–Crippen LogP) is 0.527. The van der Waals surface area contributed by atoms with Crippen LogP contribution in [0.5, 0.6) is 0 Å². The lowest BCUT2D eigenvalue weighted by molar-refractivity contribution is -0.118. The largest absolute Gasteiger partial charge is 0.382 e. The third-order valence-electron chi connectivity index (χ3n) is 1.06. The summed E-state index contributed by atoms with van der Waals surface area (Å²) in [5.41, 5.74) is 5.91. The maximum atomic E-state index is 10.6. The van der Waals surface area contributed by atoms with Crippen molar-refractivity contribution < 1.29 is 4.79 Å². The van der Waals surface area contributed by atoms with Crippen molar-refractivity contribution in [2.75, 3.05) is 0 Å². The lowest BCUT2D eigenvalue weighted by Gasteiger charge is -2.03. The molecule has 0 aliphatic rings. The van der Waals surface area contributed by atoms with Crippen molar-refractivity contribution in [2.24, 2.45) is 10.7 Å². The number of carbonyl (C=O) groups is 1. The number of nitrogens with two attached hydrogens (primary N) is 1. The summed E-state index contributed by atoms with van der Waals surface area (Å²) >= 11 is 0. The fourth-order valence-electron chi connectivity index (χ4n) is 0.618. The molecule has 0 aliphatic heterocycles. The summed E-state index contributed by atoms with van der Waals surface area (Å²) in [7, 11) is 0. The molecule has 3 N–H and O–H groups in total. The van der Waals surface area contributed by atoms with Crippen LogP contribution < -0.4 is 11.1 Å². The van der Waals surface area contributed by atoms with E-state index in [0.717, 1.165) is 0 Å². The van der Waals surface area contributed by atoms with Gasteiger partial charge in [0.25, 0.3) is 0 Å². The van der Waals surface area contributed by atoms with Gasteiger partial charge >= 0.3 is 0 Å². The Bertz CT molecular complexity index is 241. The number of carbonyl (C=O) groups excluding carboxylic acids is 1. The lowest BCUT2D eigenvalue weighted by atomic mass is 10.4. The molecular formula is C8H13N3O. The van der Waals surface area contributed by atoms with Crippen molar-refractivity contribution in [1.29, 1.82) is 0 Å². The highest BCUT2D eigenvalue weighted by Gasteiger charge is 1.98. The van der Waals surface area contributed by atoms with Crippen LogP contribution in [0.15, 0.2) is 29.2 Å². The summed E-state index contributed by atoms with van der Waals surface area (Å²) < 4.78 is 0. The maximum Gasteiger partial charge on any atom is 0.221 e. The van der Waals surface area contributed by atoms with Crippen molar-refractivity contribution in [2.45, 2.75) is 13.8 Å². The Balaban J connectivity index is 4.60. The van der Waals surface area contributed by atoms with Gasteiger partial charge in [0, 0.05) is 13.1 Å². The number of nitrogens with zero attached hydrogens (tertiary/aromatic N) is 1. The summed E-state index contributed by atoms with van der Waals surface area (Å²) in [6.07, 6.45) is 2.99. The molecule has 0 bridgehead atoms. The van der Waals surface area contributed by atoms with Crippen molar-refractivity contribution in [3.63, 3.8) is 0 Å². The molecule has 4 nitrogen and oxygen atoms in total. The van der Waals surface area contributed by atoms with Gasteiger partial charge in [0.1, 0.15) is 5.82 Å². The highest BCUT2D eigenvalue weighted by Crippen LogP contribution is 1.96. The Hall–Kier alpha value is -1.58. The highest BCUT2D eigenvalue weighted by molar-refractivity contribution is 5.75. The molecule has 0 aromatic carbocycles. The zero-order chi connectivity index (χ0) is 9.56. The minimum atomic E-state index is -0.195. The number of nitrogens with one attached hydrogen (secondary N) is 1. The molecule has 0 saturated heterocycles. The molecule has 0 radical (unpaired) electrons. The van der Waals surface area contributed by atoms with E-state index in [1.54, 1.807) is 13.1 Å². The summed E-state index contributed by atoms with van der Waals surface area (Å²) in [5.74, 6) is 0.0573. The van der Waals surface area contributed by atoms with E-state index in [9.17, 15) is 4.79 Å². The van der Waals surface area contributed by atoms with Crippen LogP contribution >= 0.6 is 0 Å². The van der Waals surface area contributed by atoms with Gasteiger partial charge in [-0.2, -0.15) is 0 Å². The van der Waals surface area contributed by atoms with Crippen LogP contribution in [-0.2, 0) is 4.79 Å². The topological polar surface area (TPSA) is 67.5 Å². The van der Waals surface area contributed by atoms with Gasteiger partial charge in [-0.05, 0) is 13.0 Å².